The molecule has 0 aromatic heterocycles. The van der Waals surface area contributed by atoms with Crippen LogP contribution in [-0.2, 0) is 28.2 Å². The molecule has 0 aromatic rings. The van der Waals surface area contributed by atoms with Crippen LogP contribution in [0, 0.1) is 10.8 Å². The predicted octanol–water partition coefficient (Wildman–Crippen LogP) is 3.16. The molecule has 0 N–H and O–H groups in total. The SMILES string of the molecule is CCC(C)(CC(C)(C)C(=O)OCC1CO1)C(=O)OCCO[Si](C)(C)C. The zero-order valence-corrected chi connectivity index (χ0v) is 17.8. The summed E-state index contributed by atoms with van der Waals surface area (Å²) in [6, 6.07) is 0. The minimum absolute atomic E-state index is 0.0358. The summed E-state index contributed by atoms with van der Waals surface area (Å²) in [5.74, 6) is -0.599. The normalized spacial score (nSPS) is 19.9. The molecule has 25 heavy (non-hydrogen) atoms. The van der Waals surface area contributed by atoms with E-state index in [1.54, 1.807) is 13.8 Å². The van der Waals surface area contributed by atoms with Gasteiger partial charge < -0.3 is 18.6 Å². The second kappa shape index (κ2) is 8.64. The van der Waals surface area contributed by atoms with Crippen LogP contribution in [0.1, 0.15) is 40.5 Å². The molecule has 0 bridgehead atoms. The van der Waals surface area contributed by atoms with Gasteiger partial charge in [0.05, 0.1) is 24.0 Å². The third-order valence-corrected chi connectivity index (χ3v) is 5.38. The first kappa shape index (κ1) is 22.1. The molecule has 1 saturated heterocycles. The van der Waals surface area contributed by atoms with E-state index in [1.165, 1.54) is 0 Å². The van der Waals surface area contributed by atoms with Crippen molar-refractivity contribution in [3.63, 3.8) is 0 Å². The Hall–Kier alpha value is -0.923. The van der Waals surface area contributed by atoms with E-state index in [1.807, 2.05) is 13.8 Å². The lowest BCUT2D eigenvalue weighted by molar-refractivity contribution is -0.163. The quantitative estimate of drug-likeness (QED) is 0.239. The first-order valence-corrected chi connectivity index (χ1v) is 12.4. The van der Waals surface area contributed by atoms with Crippen molar-refractivity contribution in [1.29, 1.82) is 0 Å². The molecule has 2 unspecified atom stereocenters. The van der Waals surface area contributed by atoms with Gasteiger partial charge in [0.2, 0.25) is 0 Å². The van der Waals surface area contributed by atoms with Gasteiger partial charge in [-0.2, -0.15) is 0 Å². The summed E-state index contributed by atoms with van der Waals surface area (Å²) >= 11 is 0. The van der Waals surface area contributed by atoms with Crippen LogP contribution >= 0.6 is 0 Å². The fraction of sp³-hybridized carbons (Fsp3) is 0.889. The van der Waals surface area contributed by atoms with Crippen LogP contribution in [0.2, 0.25) is 19.6 Å². The number of hydrogen-bond acceptors (Lipinski definition) is 6. The molecule has 1 aliphatic heterocycles. The molecular formula is C18H34O6Si. The van der Waals surface area contributed by atoms with E-state index in [4.69, 9.17) is 18.6 Å². The first-order valence-electron chi connectivity index (χ1n) is 9.00. The zero-order chi connectivity index (χ0) is 19.3. The van der Waals surface area contributed by atoms with Crippen molar-refractivity contribution >= 4 is 20.3 Å². The molecule has 2 atom stereocenters. The first-order chi connectivity index (χ1) is 11.4. The monoisotopic (exact) mass is 374 g/mol. The highest BCUT2D eigenvalue weighted by Gasteiger charge is 2.43. The largest absolute Gasteiger partial charge is 0.463 e. The lowest BCUT2D eigenvalue weighted by Crippen LogP contribution is -2.39. The van der Waals surface area contributed by atoms with Crippen molar-refractivity contribution in [1.82, 2.24) is 0 Å². The fourth-order valence-corrected chi connectivity index (χ4v) is 3.27. The molecule has 1 fully saturated rings. The lowest BCUT2D eigenvalue weighted by atomic mass is 9.72. The average molecular weight is 375 g/mol. The third kappa shape index (κ3) is 7.88. The van der Waals surface area contributed by atoms with Crippen LogP contribution in [0.4, 0.5) is 0 Å². The van der Waals surface area contributed by atoms with Crippen LogP contribution in [-0.4, -0.2) is 52.8 Å². The van der Waals surface area contributed by atoms with Gasteiger partial charge in [-0.25, -0.2) is 0 Å². The zero-order valence-electron chi connectivity index (χ0n) is 16.8. The maximum Gasteiger partial charge on any atom is 0.311 e. The number of epoxide rings is 1. The maximum atomic E-state index is 12.6. The molecule has 0 radical (unpaired) electrons. The summed E-state index contributed by atoms with van der Waals surface area (Å²) in [6.07, 6.45) is 0.992. The molecule has 0 aromatic carbocycles. The molecule has 146 valence electrons. The van der Waals surface area contributed by atoms with Gasteiger partial charge >= 0.3 is 11.9 Å². The molecule has 0 spiro atoms. The van der Waals surface area contributed by atoms with E-state index < -0.39 is 19.1 Å². The van der Waals surface area contributed by atoms with Crippen LogP contribution in [0.5, 0.6) is 0 Å². The number of hydrogen-bond donors (Lipinski definition) is 0. The molecule has 1 rings (SSSR count). The summed E-state index contributed by atoms with van der Waals surface area (Å²) in [5.41, 5.74) is -1.51. The van der Waals surface area contributed by atoms with E-state index in [-0.39, 0.29) is 31.3 Å². The van der Waals surface area contributed by atoms with Crippen molar-refractivity contribution in [2.24, 2.45) is 10.8 Å². The fourth-order valence-electron chi connectivity index (χ4n) is 2.57. The molecule has 0 aliphatic carbocycles. The number of carbonyl (C=O) groups excluding carboxylic acids is 2. The minimum Gasteiger partial charge on any atom is -0.463 e. The summed E-state index contributed by atoms with van der Waals surface area (Å²) in [5, 5.41) is 0. The molecule has 1 heterocycles. The summed E-state index contributed by atoms with van der Waals surface area (Å²) in [7, 11) is -1.61. The third-order valence-electron chi connectivity index (χ3n) is 4.31. The number of esters is 2. The Labute approximate surface area is 152 Å². The second-order valence-corrected chi connectivity index (χ2v) is 13.1. The van der Waals surface area contributed by atoms with E-state index in [9.17, 15) is 9.59 Å². The summed E-state index contributed by atoms with van der Waals surface area (Å²) in [6.45, 7) is 15.2. The predicted molar refractivity (Wildman–Crippen MR) is 97.8 cm³/mol. The average Bonchev–Trinajstić information content (AvgIpc) is 3.31. The molecule has 1 aliphatic rings. The van der Waals surface area contributed by atoms with Gasteiger partial charge in [0.1, 0.15) is 19.3 Å². The van der Waals surface area contributed by atoms with Gasteiger partial charge in [0.25, 0.3) is 0 Å². The van der Waals surface area contributed by atoms with Gasteiger partial charge in [-0.15, -0.1) is 0 Å². The van der Waals surface area contributed by atoms with Gasteiger partial charge in [-0.3, -0.25) is 9.59 Å². The Balaban J connectivity index is 2.53. The summed E-state index contributed by atoms with van der Waals surface area (Å²) < 4.78 is 21.5. The maximum absolute atomic E-state index is 12.6. The van der Waals surface area contributed by atoms with Crippen LogP contribution in [0.15, 0.2) is 0 Å². The highest BCUT2D eigenvalue weighted by atomic mass is 28.4. The van der Waals surface area contributed by atoms with E-state index >= 15 is 0 Å². The van der Waals surface area contributed by atoms with Gasteiger partial charge in [0.15, 0.2) is 8.32 Å². The van der Waals surface area contributed by atoms with Crippen LogP contribution in [0.25, 0.3) is 0 Å². The molecule has 0 amide bonds. The van der Waals surface area contributed by atoms with Crippen molar-refractivity contribution in [3.05, 3.63) is 0 Å². The molecule has 6 nitrogen and oxygen atoms in total. The highest BCUT2D eigenvalue weighted by molar-refractivity contribution is 6.69. The Bertz CT molecular complexity index is 467. The van der Waals surface area contributed by atoms with Gasteiger partial charge in [0, 0.05) is 0 Å². The number of ether oxygens (including phenoxy) is 3. The van der Waals surface area contributed by atoms with E-state index in [2.05, 4.69) is 19.6 Å². The Morgan fingerprint density at radius 1 is 1.08 bits per heavy atom. The Morgan fingerprint density at radius 2 is 1.68 bits per heavy atom. The topological polar surface area (TPSA) is 74.4 Å². The van der Waals surface area contributed by atoms with Crippen molar-refractivity contribution in [2.75, 3.05) is 26.4 Å². The van der Waals surface area contributed by atoms with Crippen molar-refractivity contribution in [3.8, 4) is 0 Å². The van der Waals surface area contributed by atoms with Crippen molar-refractivity contribution in [2.45, 2.75) is 66.3 Å². The second-order valence-electron chi connectivity index (χ2n) is 8.63. The van der Waals surface area contributed by atoms with E-state index in [0.717, 1.165) is 0 Å². The highest BCUT2D eigenvalue weighted by Crippen LogP contribution is 2.38. The van der Waals surface area contributed by atoms with Gasteiger partial charge in [-0.1, -0.05) is 6.92 Å². The van der Waals surface area contributed by atoms with Crippen LogP contribution in [0.3, 0.4) is 0 Å². The minimum atomic E-state index is -1.61. The molecule has 0 saturated carbocycles. The molecule has 7 heteroatoms. The number of rotatable bonds is 11. The standard InChI is InChI=1S/C18H34O6Si/c1-8-18(4,16(20)21-9-10-24-25(5,6)7)13-17(2,3)15(19)23-12-14-11-22-14/h14H,8-13H2,1-7H3. The molecular weight excluding hydrogens is 340 g/mol. The smallest absolute Gasteiger partial charge is 0.311 e. The van der Waals surface area contributed by atoms with Gasteiger partial charge in [-0.05, 0) is 53.3 Å². The van der Waals surface area contributed by atoms with Crippen molar-refractivity contribution < 1.29 is 28.2 Å². The summed E-state index contributed by atoms with van der Waals surface area (Å²) in [4.78, 5) is 24.9. The van der Waals surface area contributed by atoms with E-state index in [0.29, 0.717) is 26.1 Å². The van der Waals surface area contributed by atoms with Crippen LogP contribution < -0.4 is 0 Å². The Kier molecular flexibility index (Phi) is 7.65. The lowest BCUT2D eigenvalue weighted by Gasteiger charge is -2.33. The Morgan fingerprint density at radius 3 is 2.16 bits per heavy atom. The number of carbonyl (C=O) groups is 2.